The Hall–Kier alpha value is -0.990. The van der Waals surface area contributed by atoms with E-state index in [0.29, 0.717) is 5.92 Å². The van der Waals surface area contributed by atoms with Gasteiger partial charge in [0.15, 0.2) is 0 Å². The molecular formula is C8H15N3. The summed E-state index contributed by atoms with van der Waals surface area (Å²) < 4.78 is 1.85. The predicted octanol–water partition coefficient (Wildman–Crippen LogP) is 1.52. The Morgan fingerprint density at radius 1 is 1.73 bits per heavy atom. The second-order valence-electron chi connectivity index (χ2n) is 2.92. The van der Waals surface area contributed by atoms with Crippen molar-refractivity contribution >= 4 is 5.69 Å². The van der Waals surface area contributed by atoms with Gasteiger partial charge in [-0.3, -0.25) is 4.68 Å². The van der Waals surface area contributed by atoms with Gasteiger partial charge in [0.1, 0.15) is 0 Å². The maximum Gasteiger partial charge on any atom is 0.0735 e. The highest BCUT2D eigenvalue weighted by atomic mass is 15.3. The number of rotatable bonds is 2. The molecule has 0 radical (unpaired) electrons. The fourth-order valence-electron chi connectivity index (χ4n) is 1.26. The Kier molecular flexibility index (Phi) is 2.17. The average molecular weight is 153 g/mol. The maximum absolute atomic E-state index is 5.73. The van der Waals surface area contributed by atoms with Crippen molar-refractivity contribution in [1.29, 1.82) is 0 Å². The zero-order chi connectivity index (χ0) is 8.43. The van der Waals surface area contributed by atoms with Gasteiger partial charge in [-0.1, -0.05) is 13.8 Å². The first-order chi connectivity index (χ1) is 5.16. The van der Waals surface area contributed by atoms with E-state index < -0.39 is 0 Å². The lowest BCUT2D eigenvalue weighted by atomic mass is 10.0. The Morgan fingerprint density at radius 3 is 2.73 bits per heavy atom. The molecule has 62 valence electrons. The summed E-state index contributed by atoms with van der Waals surface area (Å²) in [6.07, 6.45) is 2.81. The van der Waals surface area contributed by atoms with Gasteiger partial charge >= 0.3 is 0 Å². The number of aryl methyl sites for hydroxylation is 1. The van der Waals surface area contributed by atoms with Gasteiger partial charge in [0.25, 0.3) is 0 Å². The van der Waals surface area contributed by atoms with E-state index in [2.05, 4.69) is 18.9 Å². The van der Waals surface area contributed by atoms with Crippen LogP contribution in [0.4, 0.5) is 5.69 Å². The molecule has 0 aliphatic rings. The third-order valence-corrected chi connectivity index (χ3v) is 2.09. The van der Waals surface area contributed by atoms with E-state index in [0.717, 1.165) is 17.8 Å². The number of nitrogens with zero attached hydrogens (tertiary/aromatic N) is 2. The Labute approximate surface area is 67.2 Å². The largest absolute Gasteiger partial charge is 0.396 e. The molecule has 1 aromatic heterocycles. The van der Waals surface area contributed by atoms with Gasteiger partial charge in [-0.15, -0.1) is 0 Å². The van der Waals surface area contributed by atoms with Crippen LogP contribution in [0.15, 0.2) is 6.20 Å². The second kappa shape index (κ2) is 2.95. The lowest BCUT2D eigenvalue weighted by Gasteiger charge is -2.09. The minimum atomic E-state index is 0.502. The van der Waals surface area contributed by atoms with Crippen LogP contribution in [0.25, 0.3) is 0 Å². The van der Waals surface area contributed by atoms with E-state index >= 15 is 0 Å². The Morgan fingerprint density at radius 2 is 2.36 bits per heavy atom. The zero-order valence-corrected chi connectivity index (χ0v) is 7.33. The molecule has 0 amide bonds. The minimum absolute atomic E-state index is 0.502. The van der Waals surface area contributed by atoms with Crippen LogP contribution in [-0.4, -0.2) is 9.78 Å². The summed E-state index contributed by atoms with van der Waals surface area (Å²) in [6, 6.07) is 0. The second-order valence-corrected chi connectivity index (χ2v) is 2.92. The van der Waals surface area contributed by atoms with Gasteiger partial charge in [0.05, 0.1) is 17.6 Å². The normalized spacial score (nSPS) is 13.4. The zero-order valence-electron chi connectivity index (χ0n) is 7.33. The van der Waals surface area contributed by atoms with Crippen LogP contribution >= 0.6 is 0 Å². The highest BCUT2D eigenvalue weighted by Gasteiger charge is 2.10. The van der Waals surface area contributed by atoms with E-state index in [9.17, 15) is 0 Å². The third kappa shape index (κ3) is 1.37. The molecule has 3 nitrogen and oxygen atoms in total. The Bertz CT molecular complexity index is 220. The van der Waals surface area contributed by atoms with Gasteiger partial charge in [0.2, 0.25) is 0 Å². The fourth-order valence-corrected chi connectivity index (χ4v) is 1.26. The van der Waals surface area contributed by atoms with E-state index in [1.165, 1.54) is 0 Å². The molecule has 1 atom stereocenters. The highest BCUT2D eigenvalue weighted by Crippen LogP contribution is 2.22. The molecule has 0 bridgehead atoms. The first-order valence-corrected chi connectivity index (χ1v) is 3.94. The summed E-state index contributed by atoms with van der Waals surface area (Å²) in [5.41, 5.74) is 7.69. The summed E-state index contributed by atoms with van der Waals surface area (Å²) >= 11 is 0. The molecule has 1 heterocycles. The van der Waals surface area contributed by atoms with Crippen molar-refractivity contribution in [2.24, 2.45) is 7.05 Å². The molecule has 1 unspecified atom stereocenters. The molecule has 1 rings (SSSR count). The molecule has 0 fully saturated rings. The smallest absolute Gasteiger partial charge is 0.0735 e. The van der Waals surface area contributed by atoms with Crippen molar-refractivity contribution in [3.63, 3.8) is 0 Å². The molecule has 0 aliphatic carbocycles. The minimum Gasteiger partial charge on any atom is -0.396 e. The monoisotopic (exact) mass is 153 g/mol. The molecule has 11 heavy (non-hydrogen) atoms. The highest BCUT2D eigenvalue weighted by molar-refractivity contribution is 5.42. The van der Waals surface area contributed by atoms with Crippen molar-refractivity contribution in [2.75, 3.05) is 5.73 Å². The van der Waals surface area contributed by atoms with E-state index in [1.807, 2.05) is 11.7 Å². The summed E-state index contributed by atoms with van der Waals surface area (Å²) in [5, 5.41) is 4.08. The summed E-state index contributed by atoms with van der Waals surface area (Å²) in [7, 11) is 1.93. The third-order valence-electron chi connectivity index (χ3n) is 2.09. The van der Waals surface area contributed by atoms with E-state index in [1.54, 1.807) is 6.20 Å². The van der Waals surface area contributed by atoms with Gasteiger partial charge in [-0.2, -0.15) is 5.10 Å². The number of hydrogen-bond donors (Lipinski definition) is 1. The van der Waals surface area contributed by atoms with Gasteiger partial charge in [-0.25, -0.2) is 0 Å². The average Bonchev–Trinajstić information content (AvgIpc) is 2.30. The van der Waals surface area contributed by atoms with Gasteiger partial charge in [-0.05, 0) is 12.3 Å². The Balaban J connectivity index is 3.00. The van der Waals surface area contributed by atoms with Gasteiger partial charge < -0.3 is 5.73 Å². The molecule has 3 heteroatoms. The molecule has 0 aromatic carbocycles. The van der Waals surface area contributed by atoms with Crippen LogP contribution in [0.2, 0.25) is 0 Å². The summed E-state index contributed by atoms with van der Waals surface area (Å²) in [5.74, 6) is 0.502. The number of nitrogen functional groups attached to an aromatic ring is 1. The molecule has 0 saturated carbocycles. The molecule has 1 aromatic rings. The van der Waals surface area contributed by atoms with Crippen LogP contribution in [0, 0.1) is 0 Å². The molecule has 0 spiro atoms. The molecular weight excluding hydrogens is 138 g/mol. The van der Waals surface area contributed by atoms with E-state index in [-0.39, 0.29) is 0 Å². The van der Waals surface area contributed by atoms with Crippen LogP contribution in [0.3, 0.4) is 0 Å². The first-order valence-electron chi connectivity index (χ1n) is 3.94. The van der Waals surface area contributed by atoms with E-state index in [4.69, 9.17) is 5.73 Å². The lowest BCUT2D eigenvalue weighted by Crippen LogP contribution is -2.04. The maximum atomic E-state index is 5.73. The standard InChI is InChI=1S/C8H15N3/c1-4-6(2)8-7(9)5-10-11(8)3/h5-6H,4,9H2,1-3H3. The van der Waals surface area contributed by atoms with Crippen LogP contribution in [-0.2, 0) is 7.05 Å². The molecule has 2 N–H and O–H groups in total. The first kappa shape index (κ1) is 8.11. The van der Waals surface area contributed by atoms with Crippen molar-refractivity contribution in [3.8, 4) is 0 Å². The lowest BCUT2D eigenvalue weighted by molar-refractivity contribution is 0.626. The topological polar surface area (TPSA) is 43.8 Å². The number of aromatic nitrogens is 2. The summed E-state index contributed by atoms with van der Waals surface area (Å²) in [4.78, 5) is 0. The number of anilines is 1. The van der Waals surface area contributed by atoms with Crippen LogP contribution in [0.5, 0.6) is 0 Å². The van der Waals surface area contributed by atoms with Crippen molar-refractivity contribution in [3.05, 3.63) is 11.9 Å². The summed E-state index contributed by atoms with van der Waals surface area (Å²) in [6.45, 7) is 4.31. The number of nitrogens with two attached hydrogens (primary N) is 1. The predicted molar refractivity (Wildman–Crippen MR) is 46.3 cm³/mol. The van der Waals surface area contributed by atoms with Crippen molar-refractivity contribution in [1.82, 2.24) is 9.78 Å². The molecule has 0 saturated heterocycles. The molecule has 0 aliphatic heterocycles. The van der Waals surface area contributed by atoms with Crippen molar-refractivity contribution in [2.45, 2.75) is 26.2 Å². The number of hydrogen-bond acceptors (Lipinski definition) is 2. The quantitative estimate of drug-likeness (QED) is 0.700. The van der Waals surface area contributed by atoms with Gasteiger partial charge in [0, 0.05) is 7.05 Å². The van der Waals surface area contributed by atoms with Crippen LogP contribution < -0.4 is 5.73 Å². The SMILES string of the molecule is CCC(C)c1c(N)cnn1C. The van der Waals surface area contributed by atoms with Crippen LogP contribution in [0.1, 0.15) is 31.9 Å². The fraction of sp³-hybridized carbons (Fsp3) is 0.625. The van der Waals surface area contributed by atoms with Crippen molar-refractivity contribution < 1.29 is 0 Å².